The van der Waals surface area contributed by atoms with Crippen molar-refractivity contribution in [2.24, 2.45) is 0 Å². The van der Waals surface area contributed by atoms with E-state index < -0.39 is 0 Å². The number of nitrogens with one attached hydrogen (secondary N) is 1. The Morgan fingerprint density at radius 1 is 1.27 bits per heavy atom. The molecule has 0 aromatic heterocycles. The van der Waals surface area contributed by atoms with Gasteiger partial charge in [-0.2, -0.15) is 0 Å². The van der Waals surface area contributed by atoms with Crippen molar-refractivity contribution >= 4 is 0 Å². The van der Waals surface area contributed by atoms with Crippen LogP contribution in [0.4, 0.5) is 0 Å². The normalized spacial score (nSPS) is 13.9. The van der Waals surface area contributed by atoms with Crippen LogP contribution in [0.3, 0.4) is 0 Å². The molecule has 5 heteroatoms. The Bertz CT molecular complexity index is 87.9. The molecule has 68 valence electrons. The zero-order chi connectivity index (χ0) is 8.69. The highest BCUT2D eigenvalue weighted by Gasteiger charge is 2.09. The van der Waals surface area contributed by atoms with Crippen molar-refractivity contribution < 1.29 is 15.3 Å². The monoisotopic (exact) mass is 164 g/mol. The van der Waals surface area contributed by atoms with Gasteiger partial charge in [-0.05, 0) is 6.92 Å². The molecule has 0 radical (unpaired) electrons. The quantitative estimate of drug-likeness (QED) is 0.346. The number of rotatable bonds is 6. The predicted octanol–water partition coefficient (Wildman–Crippen LogP) is -1.88. The second-order valence-electron chi connectivity index (χ2n) is 2.33. The summed E-state index contributed by atoms with van der Waals surface area (Å²) in [4.78, 5) is 1.46. The lowest BCUT2D eigenvalue weighted by Crippen LogP contribution is -2.41. The van der Waals surface area contributed by atoms with Gasteiger partial charge in [0.2, 0.25) is 0 Å². The highest BCUT2D eigenvalue weighted by Crippen LogP contribution is 1.93. The molecular weight excluding hydrogens is 148 g/mol. The van der Waals surface area contributed by atoms with Gasteiger partial charge in [-0.25, -0.2) is 0 Å². The Hall–Kier alpha value is -0.200. The van der Waals surface area contributed by atoms with Crippen molar-refractivity contribution in [2.75, 3.05) is 26.7 Å². The molecule has 0 spiro atoms. The maximum Gasteiger partial charge on any atom is 0.0976 e. The van der Waals surface area contributed by atoms with Crippen molar-refractivity contribution in [3.05, 3.63) is 0 Å². The molecule has 11 heavy (non-hydrogen) atoms. The molecule has 0 bridgehead atoms. The van der Waals surface area contributed by atoms with Gasteiger partial charge in [0.15, 0.2) is 0 Å². The molecule has 4 N–H and O–H groups in total. The lowest BCUT2D eigenvalue weighted by atomic mass is 10.3. The van der Waals surface area contributed by atoms with Gasteiger partial charge < -0.3 is 15.3 Å². The maximum absolute atomic E-state index is 8.67. The number of aliphatic hydroxyl groups excluding tert-OH is 3. The van der Waals surface area contributed by atoms with E-state index in [1.54, 1.807) is 0 Å². The summed E-state index contributed by atoms with van der Waals surface area (Å²) in [6.07, 6.45) is 0. The zero-order valence-electron chi connectivity index (χ0n) is 6.69. The van der Waals surface area contributed by atoms with E-state index in [-0.39, 0.29) is 26.2 Å². The summed E-state index contributed by atoms with van der Waals surface area (Å²) >= 11 is 0. The summed E-state index contributed by atoms with van der Waals surface area (Å²) in [5.41, 5.74) is 0. The van der Waals surface area contributed by atoms with Crippen LogP contribution in [-0.2, 0) is 0 Å². The van der Waals surface area contributed by atoms with E-state index >= 15 is 0 Å². The summed E-state index contributed by atoms with van der Waals surface area (Å²) in [5.74, 6) is 0. The summed E-state index contributed by atoms with van der Waals surface area (Å²) in [6.45, 7) is 1.94. The molecule has 0 saturated carbocycles. The third-order valence-electron chi connectivity index (χ3n) is 1.54. The molecule has 0 saturated heterocycles. The van der Waals surface area contributed by atoms with Crippen LogP contribution in [0, 0.1) is 0 Å². The van der Waals surface area contributed by atoms with Crippen LogP contribution in [0.1, 0.15) is 6.92 Å². The lowest BCUT2D eigenvalue weighted by molar-refractivity contribution is 0.00118. The fraction of sp³-hybridized carbons (Fsp3) is 1.00. The molecule has 5 nitrogen and oxygen atoms in total. The highest BCUT2D eigenvalue weighted by molar-refractivity contribution is 4.62. The minimum Gasteiger partial charge on any atom is -0.381 e. The van der Waals surface area contributed by atoms with E-state index in [0.717, 1.165) is 0 Å². The summed E-state index contributed by atoms with van der Waals surface area (Å²) in [5, 5.41) is 28.4. The first-order chi connectivity index (χ1) is 5.26. The summed E-state index contributed by atoms with van der Waals surface area (Å²) in [7, 11) is 0. The number of hydrogen-bond donors (Lipinski definition) is 4. The minimum absolute atomic E-state index is 0.0112. The van der Waals surface area contributed by atoms with Gasteiger partial charge in [0.05, 0.1) is 20.2 Å². The van der Waals surface area contributed by atoms with Gasteiger partial charge in [-0.3, -0.25) is 10.2 Å². The molecule has 0 amide bonds. The average molecular weight is 164 g/mol. The van der Waals surface area contributed by atoms with Gasteiger partial charge in [-0.15, -0.1) is 0 Å². The molecule has 0 aliphatic heterocycles. The van der Waals surface area contributed by atoms with Crippen LogP contribution in [-0.4, -0.2) is 53.0 Å². The second-order valence-corrected chi connectivity index (χ2v) is 2.33. The Kier molecular flexibility index (Phi) is 6.39. The van der Waals surface area contributed by atoms with Crippen molar-refractivity contribution in [3.8, 4) is 0 Å². The minimum atomic E-state index is -0.176. The molecule has 1 unspecified atom stereocenters. The Morgan fingerprint density at radius 3 is 2.18 bits per heavy atom. The van der Waals surface area contributed by atoms with E-state index in [0.29, 0.717) is 6.54 Å². The van der Waals surface area contributed by atoms with Crippen molar-refractivity contribution in [1.82, 2.24) is 10.2 Å². The number of aliphatic hydroxyl groups is 3. The first kappa shape index (κ1) is 10.8. The molecule has 0 aromatic rings. The number of nitrogens with zero attached hydrogens (tertiary/aromatic N) is 1. The van der Waals surface area contributed by atoms with E-state index in [1.165, 1.54) is 4.90 Å². The van der Waals surface area contributed by atoms with E-state index in [4.69, 9.17) is 15.3 Å². The van der Waals surface area contributed by atoms with Crippen LogP contribution in [0.15, 0.2) is 0 Å². The molecule has 0 aromatic carbocycles. The van der Waals surface area contributed by atoms with Crippen molar-refractivity contribution in [3.63, 3.8) is 0 Å². The van der Waals surface area contributed by atoms with Crippen LogP contribution < -0.4 is 5.32 Å². The van der Waals surface area contributed by atoms with Crippen LogP contribution in [0.25, 0.3) is 0 Å². The van der Waals surface area contributed by atoms with E-state index in [9.17, 15) is 0 Å². The Labute approximate surface area is 66.3 Å². The molecule has 0 rings (SSSR count). The average Bonchev–Trinajstić information content (AvgIpc) is 2.03. The first-order valence-corrected chi connectivity index (χ1v) is 3.53. The van der Waals surface area contributed by atoms with Gasteiger partial charge in [-0.1, -0.05) is 0 Å². The lowest BCUT2D eigenvalue weighted by Gasteiger charge is -2.24. The third kappa shape index (κ3) is 4.28. The molecule has 0 fully saturated rings. The van der Waals surface area contributed by atoms with Gasteiger partial charge in [0.25, 0.3) is 0 Å². The zero-order valence-corrected chi connectivity index (χ0v) is 6.69. The maximum atomic E-state index is 8.67. The smallest absolute Gasteiger partial charge is 0.0976 e. The second kappa shape index (κ2) is 6.51. The summed E-state index contributed by atoms with van der Waals surface area (Å²) in [6, 6.07) is 0.0112. The topological polar surface area (TPSA) is 76.0 Å². The summed E-state index contributed by atoms with van der Waals surface area (Å²) < 4.78 is 0. The SMILES string of the molecule is CC(CNCO)N(CO)CO. The molecular formula is C6H16N2O3. The fourth-order valence-electron chi connectivity index (χ4n) is 0.726. The van der Waals surface area contributed by atoms with Crippen LogP contribution in [0.5, 0.6) is 0 Å². The fourth-order valence-corrected chi connectivity index (χ4v) is 0.726. The van der Waals surface area contributed by atoms with E-state index in [2.05, 4.69) is 5.32 Å². The van der Waals surface area contributed by atoms with Crippen LogP contribution >= 0.6 is 0 Å². The largest absolute Gasteiger partial charge is 0.381 e. The molecule has 0 heterocycles. The molecule has 0 aliphatic carbocycles. The number of hydrogen-bond acceptors (Lipinski definition) is 5. The molecule has 0 aliphatic rings. The predicted molar refractivity (Wildman–Crippen MR) is 40.6 cm³/mol. The highest BCUT2D eigenvalue weighted by atomic mass is 16.3. The van der Waals surface area contributed by atoms with Crippen molar-refractivity contribution in [2.45, 2.75) is 13.0 Å². The standard InChI is InChI=1S/C6H16N2O3/c1-6(2-7-3-9)8(4-10)5-11/h6-7,9-11H,2-5H2,1H3. The Balaban J connectivity index is 3.51. The van der Waals surface area contributed by atoms with Gasteiger partial charge >= 0.3 is 0 Å². The first-order valence-electron chi connectivity index (χ1n) is 3.53. The van der Waals surface area contributed by atoms with Crippen molar-refractivity contribution in [1.29, 1.82) is 0 Å². The van der Waals surface area contributed by atoms with Gasteiger partial charge in [0, 0.05) is 12.6 Å². The van der Waals surface area contributed by atoms with Crippen LogP contribution in [0.2, 0.25) is 0 Å². The molecule has 1 atom stereocenters. The third-order valence-corrected chi connectivity index (χ3v) is 1.54. The Morgan fingerprint density at radius 2 is 1.82 bits per heavy atom. The van der Waals surface area contributed by atoms with E-state index in [1.807, 2.05) is 6.92 Å². The van der Waals surface area contributed by atoms with Gasteiger partial charge in [0.1, 0.15) is 0 Å².